The summed E-state index contributed by atoms with van der Waals surface area (Å²) >= 11 is 0. The fourth-order valence-electron chi connectivity index (χ4n) is 1.67. The standard InChI is InChI=1S/C13H10FNO3/c1-15-7-11(13(17)18)10(6-12(15)16)8-2-4-9(14)5-3-8/h2-7H,1H3,(H,17,18). The first-order valence-corrected chi connectivity index (χ1v) is 5.19. The summed E-state index contributed by atoms with van der Waals surface area (Å²) in [6.45, 7) is 0. The maximum atomic E-state index is 12.8. The van der Waals surface area contributed by atoms with Gasteiger partial charge in [0, 0.05) is 24.9 Å². The maximum Gasteiger partial charge on any atom is 0.337 e. The molecule has 2 rings (SSSR count). The van der Waals surface area contributed by atoms with Gasteiger partial charge in [-0.2, -0.15) is 0 Å². The van der Waals surface area contributed by atoms with Crippen molar-refractivity contribution in [3.05, 3.63) is 58.3 Å². The zero-order chi connectivity index (χ0) is 13.3. The van der Waals surface area contributed by atoms with Crippen LogP contribution in [0.3, 0.4) is 0 Å². The average Bonchev–Trinajstić information content (AvgIpc) is 2.33. The van der Waals surface area contributed by atoms with E-state index in [0.29, 0.717) is 5.56 Å². The molecule has 0 radical (unpaired) electrons. The third kappa shape index (κ3) is 2.15. The summed E-state index contributed by atoms with van der Waals surface area (Å²) in [5.74, 6) is -1.55. The Labute approximate surface area is 102 Å². The molecule has 1 aromatic heterocycles. The molecule has 5 heteroatoms. The van der Waals surface area contributed by atoms with Crippen molar-refractivity contribution in [3.8, 4) is 11.1 Å². The van der Waals surface area contributed by atoms with E-state index in [4.69, 9.17) is 5.11 Å². The average molecular weight is 247 g/mol. The van der Waals surface area contributed by atoms with Crippen LogP contribution in [0.2, 0.25) is 0 Å². The quantitative estimate of drug-likeness (QED) is 0.881. The van der Waals surface area contributed by atoms with Crippen LogP contribution in [0.15, 0.2) is 41.3 Å². The summed E-state index contributed by atoms with van der Waals surface area (Å²) in [5, 5.41) is 9.11. The predicted octanol–water partition coefficient (Wildman–Crippen LogP) is 1.89. The minimum absolute atomic E-state index is 0.00343. The van der Waals surface area contributed by atoms with E-state index in [-0.39, 0.29) is 16.7 Å². The molecular formula is C13H10FNO3. The molecule has 0 bridgehead atoms. The van der Waals surface area contributed by atoms with E-state index in [1.54, 1.807) is 0 Å². The third-order valence-corrected chi connectivity index (χ3v) is 2.61. The monoisotopic (exact) mass is 247 g/mol. The Bertz CT molecular complexity index is 659. The summed E-state index contributed by atoms with van der Waals surface area (Å²) in [7, 11) is 1.48. The highest BCUT2D eigenvalue weighted by atomic mass is 19.1. The highest BCUT2D eigenvalue weighted by Gasteiger charge is 2.13. The smallest absolute Gasteiger partial charge is 0.337 e. The van der Waals surface area contributed by atoms with Crippen LogP contribution in [0, 0.1) is 5.82 Å². The molecule has 92 valence electrons. The van der Waals surface area contributed by atoms with Gasteiger partial charge >= 0.3 is 5.97 Å². The highest BCUT2D eigenvalue weighted by Crippen LogP contribution is 2.22. The first-order chi connectivity index (χ1) is 8.49. The van der Waals surface area contributed by atoms with Crippen LogP contribution >= 0.6 is 0 Å². The van der Waals surface area contributed by atoms with Crippen LogP contribution in [0.25, 0.3) is 11.1 Å². The molecule has 0 unspecified atom stereocenters. The van der Waals surface area contributed by atoms with Gasteiger partial charge < -0.3 is 9.67 Å². The second-order valence-corrected chi connectivity index (χ2v) is 3.86. The van der Waals surface area contributed by atoms with Gasteiger partial charge in [0.05, 0.1) is 5.56 Å². The Kier molecular flexibility index (Phi) is 2.97. The summed E-state index contributed by atoms with van der Waals surface area (Å²) < 4.78 is 14.0. The number of hydrogen-bond donors (Lipinski definition) is 1. The third-order valence-electron chi connectivity index (χ3n) is 2.61. The van der Waals surface area contributed by atoms with Gasteiger partial charge in [0.25, 0.3) is 5.56 Å². The van der Waals surface area contributed by atoms with Crippen LogP contribution in [0.1, 0.15) is 10.4 Å². The SMILES string of the molecule is Cn1cc(C(=O)O)c(-c2ccc(F)cc2)cc1=O. The van der Waals surface area contributed by atoms with Crippen molar-refractivity contribution in [1.29, 1.82) is 0 Å². The van der Waals surface area contributed by atoms with E-state index in [1.165, 1.54) is 48.1 Å². The van der Waals surface area contributed by atoms with E-state index in [9.17, 15) is 14.0 Å². The molecule has 0 amide bonds. The lowest BCUT2D eigenvalue weighted by atomic mass is 10.0. The fourth-order valence-corrected chi connectivity index (χ4v) is 1.67. The van der Waals surface area contributed by atoms with Crippen molar-refractivity contribution < 1.29 is 14.3 Å². The van der Waals surface area contributed by atoms with Gasteiger partial charge in [0.15, 0.2) is 0 Å². The van der Waals surface area contributed by atoms with Crippen LogP contribution in [0.4, 0.5) is 4.39 Å². The van der Waals surface area contributed by atoms with Gasteiger partial charge in [-0.15, -0.1) is 0 Å². The fraction of sp³-hybridized carbons (Fsp3) is 0.0769. The van der Waals surface area contributed by atoms with Crippen molar-refractivity contribution in [1.82, 2.24) is 4.57 Å². The zero-order valence-corrected chi connectivity index (χ0v) is 9.55. The molecule has 1 N–H and O–H groups in total. The number of halogens is 1. The summed E-state index contributed by atoms with van der Waals surface area (Å²) in [5.41, 5.74) is 0.458. The molecule has 0 aliphatic heterocycles. The Hall–Kier alpha value is -2.43. The van der Waals surface area contributed by atoms with Gasteiger partial charge in [0.1, 0.15) is 5.82 Å². The first kappa shape index (κ1) is 12.0. The van der Waals surface area contributed by atoms with E-state index in [0.717, 1.165) is 0 Å². The van der Waals surface area contributed by atoms with Crippen LogP contribution in [0.5, 0.6) is 0 Å². The van der Waals surface area contributed by atoms with Gasteiger partial charge in [0.2, 0.25) is 0 Å². The van der Waals surface area contributed by atoms with Crippen LogP contribution in [-0.4, -0.2) is 15.6 Å². The number of carboxylic acids is 1. The second kappa shape index (κ2) is 4.44. The number of hydrogen-bond acceptors (Lipinski definition) is 2. The molecule has 0 saturated carbocycles. The summed E-state index contributed by atoms with van der Waals surface area (Å²) in [6, 6.07) is 6.56. The molecular weight excluding hydrogens is 237 g/mol. The lowest BCUT2D eigenvalue weighted by Crippen LogP contribution is -2.18. The Morgan fingerprint density at radius 2 is 1.89 bits per heavy atom. The number of pyridine rings is 1. The number of aromatic nitrogens is 1. The number of nitrogens with zero attached hydrogens (tertiary/aromatic N) is 1. The van der Waals surface area contributed by atoms with Crippen molar-refractivity contribution in [3.63, 3.8) is 0 Å². The topological polar surface area (TPSA) is 59.3 Å². The zero-order valence-electron chi connectivity index (χ0n) is 9.55. The molecule has 0 aliphatic carbocycles. The number of benzene rings is 1. The maximum absolute atomic E-state index is 12.8. The molecule has 0 spiro atoms. The molecule has 0 saturated heterocycles. The molecule has 1 heterocycles. The molecule has 0 atom stereocenters. The van der Waals surface area contributed by atoms with Crippen molar-refractivity contribution >= 4 is 5.97 Å². The summed E-state index contributed by atoms with van der Waals surface area (Å²) in [4.78, 5) is 22.7. The normalized spacial score (nSPS) is 10.3. The van der Waals surface area contributed by atoms with Crippen LogP contribution in [-0.2, 0) is 7.05 Å². The Balaban J connectivity index is 2.69. The second-order valence-electron chi connectivity index (χ2n) is 3.86. The van der Waals surface area contributed by atoms with Gasteiger partial charge in [-0.25, -0.2) is 9.18 Å². The number of aromatic carboxylic acids is 1. The lowest BCUT2D eigenvalue weighted by molar-refractivity contribution is 0.0697. The van der Waals surface area contributed by atoms with E-state index in [2.05, 4.69) is 0 Å². The minimum Gasteiger partial charge on any atom is -0.478 e. The molecule has 0 aliphatic rings. The Morgan fingerprint density at radius 1 is 1.28 bits per heavy atom. The summed E-state index contributed by atoms with van der Waals surface area (Å²) in [6.07, 6.45) is 1.25. The molecule has 1 aromatic carbocycles. The van der Waals surface area contributed by atoms with Crippen molar-refractivity contribution in [2.24, 2.45) is 7.05 Å². The van der Waals surface area contributed by atoms with E-state index < -0.39 is 11.8 Å². The largest absolute Gasteiger partial charge is 0.478 e. The van der Waals surface area contributed by atoms with Crippen LogP contribution < -0.4 is 5.56 Å². The van der Waals surface area contributed by atoms with Gasteiger partial charge in [-0.05, 0) is 17.7 Å². The predicted molar refractivity (Wildman–Crippen MR) is 64.0 cm³/mol. The number of aryl methyl sites for hydroxylation is 1. The van der Waals surface area contributed by atoms with E-state index >= 15 is 0 Å². The number of rotatable bonds is 2. The molecule has 18 heavy (non-hydrogen) atoms. The molecule has 2 aromatic rings. The van der Waals surface area contributed by atoms with E-state index in [1.807, 2.05) is 0 Å². The minimum atomic E-state index is -1.13. The van der Waals surface area contributed by atoms with Gasteiger partial charge in [-0.3, -0.25) is 4.79 Å². The van der Waals surface area contributed by atoms with Crippen molar-refractivity contribution in [2.75, 3.05) is 0 Å². The Morgan fingerprint density at radius 3 is 2.44 bits per heavy atom. The van der Waals surface area contributed by atoms with Crippen molar-refractivity contribution in [2.45, 2.75) is 0 Å². The molecule has 4 nitrogen and oxygen atoms in total. The first-order valence-electron chi connectivity index (χ1n) is 5.19. The lowest BCUT2D eigenvalue weighted by Gasteiger charge is -2.07. The number of carboxylic acid groups (broad SMARTS) is 1. The number of carbonyl (C=O) groups is 1. The molecule has 0 fully saturated rings. The van der Waals surface area contributed by atoms with Gasteiger partial charge in [-0.1, -0.05) is 12.1 Å². The highest BCUT2D eigenvalue weighted by molar-refractivity contribution is 5.95.